The van der Waals surface area contributed by atoms with E-state index in [-0.39, 0.29) is 5.54 Å². The molecule has 25 heavy (non-hydrogen) atoms. The zero-order valence-electron chi connectivity index (χ0n) is 16.1. The Morgan fingerprint density at radius 3 is 2.48 bits per heavy atom. The van der Waals surface area contributed by atoms with Crippen LogP contribution in [0.15, 0.2) is 18.2 Å². The zero-order valence-corrected chi connectivity index (χ0v) is 16.1. The van der Waals surface area contributed by atoms with Gasteiger partial charge in [0, 0.05) is 18.1 Å². The van der Waals surface area contributed by atoms with Crippen molar-refractivity contribution >= 4 is 0 Å². The van der Waals surface area contributed by atoms with Crippen LogP contribution in [0.25, 0.3) is 0 Å². The first-order chi connectivity index (χ1) is 11.5. The van der Waals surface area contributed by atoms with E-state index in [9.17, 15) is 13.2 Å². The molecule has 0 aromatic heterocycles. The second kappa shape index (κ2) is 7.67. The summed E-state index contributed by atoms with van der Waals surface area (Å²) in [5.74, 6) is 0. The van der Waals surface area contributed by atoms with Crippen molar-refractivity contribution < 1.29 is 13.2 Å². The lowest BCUT2D eigenvalue weighted by Crippen LogP contribution is -2.57. The Hall–Kier alpha value is -1.07. The van der Waals surface area contributed by atoms with Crippen molar-refractivity contribution in [3.05, 3.63) is 34.9 Å². The number of likely N-dealkylation sites (N-methyl/N-ethyl adjacent to an activating group) is 1. The summed E-state index contributed by atoms with van der Waals surface area (Å²) >= 11 is 0. The van der Waals surface area contributed by atoms with Gasteiger partial charge in [0.1, 0.15) is 0 Å². The third-order valence-corrected chi connectivity index (χ3v) is 5.75. The number of benzene rings is 1. The molecule has 0 saturated carbocycles. The minimum absolute atomic E-state index is 0.0335. The summed E-state index contributed by atoms with van der Waals surface area (Å²) in [6, 6.07) is 5.27. The fraction of sp³-hybridized carbons (Fsp3) is 0.700. The summed E-state index contributed by atoms with van der Waals surface area (Å²) in [5, 5.41) is 0. The predicted molar refractivity (Wildman–Crippen MR) is 96.9 cm³/mol. The van der Waals surface area contributed by atoms with Gasteiger partial charge in [-0.3, -0.25) is 4.90 Å². The Labute approximate surface area is 150 Å². The van der Waals surface area contributed by atoms with E-state index in [1.807, 2.05) is 6.07 Å². The Morgan fingerprint density at radius 2 is 1.92 bits per heavy atom. The molecule has 0 aliphatic carbocycles. The first-order valence-corrected chi connectivity index (χ1v) is 9.13. The van der Waals surface area contributed by atoms with E-state index in [1.54, 1.807) is 6.07 Å². The first kappa shape index (κ1) is 20.2. The van der Waals surface area contributed by atoms with E-state index in [1.165, 1.54) is 13.0 Å². The maximum Gasteiger partial charge on any atom is 0.416 e. The van der Waals surface area contributed by atoms with Crippen molar-refractivity contribution in [2.45, 2.75) is 64.2 Å². The number of likely N-dealkylation sites (tertiary alicyclic amines) is 1. The largest absolute Gasteiger partial charge is 0.416 e. The highest BCUT2D eigenvalue weighted by molar-refractivity contribution is 5.33. The Morgan fingerprint density at radius 1 is 1.24 bits per heavy atom. The Kier molecular flexibility index (Phi) is 6.21. The highest BCUT2D eigenvalue weighted by Gasteiger charge is 2.38. The van der Waals surface area contributed by atoms with Crippen LogP contribution in [0.1, 0.15) is 49.8 Å². The summed E-state index contributed by atoms with van der Waals surface area (Å²) in [6.07, 6.45) is -0.491. The second-order valence-electron chi connectivity index (χ2n) is 7.93. The topological polar surface area (TPSA) is 6.48 Å². The lowest BCUT2D eigenvalue weighted by atomic mass is 9.81. The number of halogens is 3. The fourth-order valence-electron chi connectivity index (χ4n) is 3.89. The summed E-state index contributed by atoms with van der Waals surface area (Å²) in [4.78, 5) is 4.76. The van der Waals surface area contributed by atoms with Crippen molar-refractivity contribution in [3.63, 3.8) is 0 Å². The minimum atomic E-state index is -4.28. The highest BCUT2D eigenvalue weighted by atomic mass is 19.4. The van der Waals surface area contributed by atoms with Crippen LogP contribution in [0.4, 0.5) is 13.2 Å². The fourth-order valence-corrected chi connectivity index (χ4v) is 3.89. The van der Waals surface area contributed by atoms with Crippen molar-refractivity contribution in [2.24, 2.45) is 0 Å². The van der Waals surface area contributed by atoms with Gasteiger partial charge >= 0.3 is 6.18 Å². The molecule has 2 rings (SSSR count). The molecular formula is C20H31F3N2. The second-order valence-corrected chi connectivity index (χ2v) is 7.93. The third-order valence-electron chi connectivity index (χ3n) is 5.75. The standard InChI is InChI=1S/C20H31F3N2/c1-15(2)25-12-6-10-19(14-25,24(4)5)11-9-17-8-7-16(3)18(13-17)20(21,22)23/h7-8,13,15H,6,9-12,14H2,1-5H3/t19-/m1/s1. The molecule has 1 aromatic carbocycles. The molecule has 2 nitrogen and oxygen atoms in total. The lowest BCUT2D eigenvalue weighted by molar-refractivity contribution is -0.138. The maximum absolute atomic E-state index is 13.2. The summed E-state index contributed by atoms with van der Waals surface area (Å²) < 4.78 is 39.5. The molecule has 1 aliphatic heterocycles. The van der Waals surface area contributed by atoms with E-state index in [2.05, 4.69) is 37.7 Å². The number of rotatable bonds is 5. The number of alkyl halides is 3. The van der Waals surface area contributed by atoms with Gasteiger partial charge in [-0.15, -0.1) is 0 Å². The molecule has 1 aromatic rings. The zero-order chi connectivity index (χ0) is 18.8. The Bertz CT molecular complexity index is 581. The number of nitrogens with zero attached hydrogens (tertiary/aromatic N) is 2. The number of hydrogen-bond acceptors (Lipinski definition) is 2. The average molecular weight is 356 g/mol. The summed E-state index contributed by atoms with van der Waals surface area (Å²) in [5.41, 5.74) is 0.602. The molecule has 0 amide bonds. The lowest BCUT2D eigenvalue weighted by Gasteiger charge is -2.48. The van der Waals surface area contributed by atoms with Crippen LogP contribution >= 0.6 is 0 Å². The molecule has 0 spiro atoms. The van der Waals surface area contributed by atoms with Gasteiger partial charge in [0.05, 0.1) is 5.56 Å². The summed E-state index contributed by atoms with van der Waals surface area (Å²) in [6.45, 7) is 8.03. The number of aryl methyl sites for hydroxylation is 2. The average Bonchev–Trinajstić information content (AvgIpc) is 2.53. The van der Waals surface area contributed by atoms with E-state index >= 15 is 0 Å². The molecule has 0 unspecified atom stereocenters. The molecule has 1 aliphatic rings. The van der Waals surface area contributed by atoms with Crippen LogP contribution in [0.2, 0.25) is 0 Å². The van der Waals surface area contributed by atoms with Gasteiger partial charge in [0.2, 0.25) is 0 Å². The van der Waals surface area contributed by atoms with Crippen molar-refractivity contribution in [3.8, 4) is 0 Å². The van der Waals surface area contributed by atoms with Crippen LogP contribution in [0.5, 0.6) is 0 Å². The van der Waals surface area contributed by atoms with Crippen LogP contribution < -0.4 is 0 Å². The quantitative estimate of drug-likeness (QED) is 0.751. The van der Waals surface area contributed by atoms with E-state index in [0.29, 0.717) is 18.0 Å². The molecule has 1 heterocycles. The van der Waals surface area contributed by atoms with Gasteiger partial charge in [0.25, 0.3) is 0 Å². The van der Waals surface area contributed by atoms with E-state index in [0.717, 1.165) is 37.9 Å². The first-order valence-electron chi connectivity index (χ1n) is 9.13. The highest BCUT2D eigenvalue weighted by Crippen LogP contribution is 2.34. The van der Waals surface area contributed by atoms with Crippen molar-refractivity contribution in [1.29, 1.82) is 0 Å². The van der Waals surface area contributed by atoms with Gasteiger partial charge in [0.15, 0.2) is 0 Å². The van der Waals surface area contributed by atoms with Crippen LogP contribution in [-0.4, -0.2) is 48.6 Å². The van der Waals surface area contributed by atoms with Gasteiger partial charge in [-0.05, 0) is 84.3 Å². The monoisotopic (exact) mass is 356 g/mol. The molecule has 0 bridgehead atoms. The van der Waals surface area contributed by atoms with Gasteiger partial charge in [-0.1, -0.05) is 12.1 Å². The van der Waals surface area contributed by atoms with Gasteiger partial charge in [-0.2, -0.15) is 13.2 Å². The van der Waals surface area contributed by atoms with Crippen LogP contribution in [-0.2, 0) is 12.6 Å². The van der Waals surface area contributed by atoms with Gasteiger partial charge in [-0.25, -0.2) is 0 Å². The molecule has 0 N–H and O–H groups in total. The minimum Gasteiger partial charge on any atom is -0.302 e. The van der Waals surface area contributed by atoms with Crippen LogP contribution in [0, 0.1) is 6.92 Å². The predicted octanol–water partition coefficient (Wildman–Crippen LogP) is 4.75. The molecular weight excluding hydrogens is 325 g/mol. The van der Waals surface area contributed by atoms with E-state index in [4.69, 9.17) is 0 Å². The molecule has 0 radical (unpaired) electrons. The molecule has 142 valence electrons. The SMILES string of the molecule is Cc1ccc(CC[C@]2(N(C)C)CCCN(C(C)C)C2)cc1C(F)(F)F. The molecule has 1 atom stereocenters. The third kappa shape index (κ3) is 4.76. The smallest absolute Gasteiger partial charge is 0.302 e. The maximum atomic E-state index is 13.2. The number of hydrogen-bond donors (Lipinski definition) is 0. The summed E-state index contributed by atoms with van der Waals surface area (Å²) in [7, 11) is 4.19. The van der Waals surface area contributed by atoms with E-state index < -0.39 is 11.7 Å². The van der Waals surface area contributed by atoms with Gasteiger partial charge < -0.3 is 4.90 Å². The Balaban J connectivity index is 2.17. The molecule has 1 fully saturated rings. The molecule has 1 saturated heterocycles. The van der Waals surface area contributed by atoms with Crippen molar-refractivity contribution in [2.75, 3.05) is 27.2 Å². The normalized spacial score (nSPS) is 22.8. The number of piperidine rings is 1. The van der Waals surface area contributed by atoms with Crippen LogP contribution in [0.3, 0.4) is 0 Å². The molecule has 5 heteroatoms. The van der Waals surface area contributed by atoms with Crippen molar-refractivity contribution in [1.82, 2.24) is 9.80 Å².